The van der Waals surface area contributed by atoms with Gasteiger partial charge in [-0.3, -0.25) is 4.79 Å². The molecule has 1 rings (SSSR count). The molecule has 1 amide bonds. The standard InChI is InChI=1S/C10H20N2O2/c1-8(2)11-6-9(13)12-10(3)4-5-14-7-10/h8,11H,4-7H2,1-3H3,(H,12,13). The van der Waals surface area contributed by atoms with E-state index in [0.29, 0.717) is 19.2 Å². The van der Waals surface area contributed by atoms with E-state index < -0.39 is 0 Å². The van der Waals surface area contributed by atoms with Gasteiger partial charge in [0.25, 0.3) is 0 Å². The third kappa shape index (κ3) is 3.64. The first-order chi connectivity index (χ1) is 6.52. The van der Waals surface area contributed by atoms with Crippen LogP contribution in [0.3, 0.4) is 0 Å². The Morgan fingerprint density at radius 3 is 2.79 bits per heavy atom. The monoisotopic (exact) mass is 200 g/mol. The molecule has 4 heteroatoms. The summed E-state index contributed by atoms with van der Waals surface area (Å²) < 4.78 is 5.25. The summed E-state index contributed by atoms with van der Waals surface area (Å²) in [5.41, 5.74) is -0.157. The maximum absolute atomic E-state index is 11.5. The summed E-state index contributed by atoms with van der Waals surface area (Å²) in [7, 11) is 0. The molecule has 0 bridgehead atoms. The fraction of sp³-hybridized carbons (Fsp3) is 0.900. The van der Waals surface area contributed by atoms with Crippen LogP contribution in [0, 0.1) is 0 Å². The molecule has 0 aromatic heterocycles. The summed E-state index contributed by atoms with van der Waals surface area (Å²) in [5, 5.41) is 6.07. The van der Waals surface area contributed by atoms with E-state index in [1.807, 2.05) is 20.8 Å². The van der Waals surface area contributed by atoms with E-state index >= 15 is 0 Å². The van der Waals surface area contributed by atoms with Crippen molar-refractivity contribution in [3.05, 3.63) is 0 Å². The van der Waals surface area contributed by atoms with Crippen LogP contribution in [0.4, 0.5) is 0 Å². The number of hydrogen-bond acceptors (Lipinski definition) is 3. The summed E-state index contributed by atoms with van der Waals surface area (Å²) in [5.74, 6) is 0.0479. The molecule has 1 fully saturated rings. The van der Waals surface area contributed by atoms with Crippen molar-refractivity contribution in [2.75, 3.05) is 19.8 Å². The van der Waals surface area contributed by atoms with Crippen LogP contribution in [-0.4, -0.2) is 37.2 Å². The Morgan fingerprint density at radius 2 is 2.29 bits per heavy atom. The Labute approximate surface area is 85.4 Å². The largest absolute Gasteiger partial charge is 0.379 e. The fourth-order valence-corrected chi connectivity index (χ4v) is 1.44. The van der Waals surface area contributed by atoms with Crippen LogP contribution < -0.4 is 10.6 Å². The van der Waals surface area contributed by atoms with Crippen LogP contribution in [0.25, 0.3) is 0 Å². The first-order valence-electron chi connectivity index (χ1n) is 5.14. The van der Waals surface area contributed by atoms with Crippen LogP contribution in [0.2, 0.25) is 0 Å². The van der Waals surface area contributed by atoms with Gasteiger partial charge in [-0.25, -0.2) is 0 Å². The number of ether oxygens (including phenoxy) is 1. The van der Waals surface area contributed by atoms with Gasteiger partial charge in [0.2, 0.25) is 5.91 Å². The molecule has 0 aromatic carbocycles. The molecule has 0 saturated carbocycles. The summed E-state index contributed by atoms with van der Waals surface area (Å²) in [6, 6.07) is 0.341. The second-order valence-electron chi connectivity index (χ2n) is 4.45. The zero-order chi connectivity index (χ0) is 10.6. The molecule has 1 aliphatic rings. The number of rotatable bonds is 4. The molecular weight excluding hydrogens is 180 g/mol. The molecule has 4 nitrogen and oxygen atoms in total. The lowest BCUT2D eigenvalue weighted by Crippen LogP contribution is -2.50. The highest BCUT2D eigenvalue weighted by molar-refractivity contribution is 5.78. The molecule has 1 aliphatic heterocycles. The Morgan fingerprint density at radius 1 is 1.57 bits per heavy atom. The summed E-state index contributed by atoms with van der Waals surface area (Å²) in [4.78, 5) is 11.5. The Balaban J connectivity index is 2.25. The van der Waals surface area contributed by atoms with Crippen molar-refractivity contribution < 1.29 is 9.53 Å². The molecule has 82 valence electrons. The normalized spacial score (nSPS) is 26.9. The van der Waals surface area contributed by atoms with Crippen molar-refractivity contribution in [3.63, 3.8) is 0 Å². The van der Waals surface area contributed by atoms with Gasteiger partial charge in [-0.05, 0) is 13.3 Å². The van der Waals surface area contributed by atoms with Crippen LogP contribution in [0.1, 0.15) is 27.2 Å². The lowest BCUT2D eigenvalue weighted by Gasteiger charge is -2.23. The molecule has 0 aliphatic carbocycles. The van der Waals surface area contributed by atoms with Crippen molar-refractivity contribution in [2.45, 2.75) is 38.8 Å². The van der Waals surface area contributed by atoms with E-state index in [4.69, 9.17) is 4.74 Å². The van der Waals surface area contributed by atoms with Gasteiger partial charge in [0.1, 0.15) is 0 Å². The van der Waals surface area contributed by atoms with Crippen LogP contribution in [0.15, 0.2) is 0 Å². The number of carbonyl (C=O) groups is 1. The van der Waals surface area contributed by atoms with Gasteiger partial charge in [0.15, 0.2) is 0 Å². The number of hydrogen-bond donors (Lipinski definition) is 2. The first kappa shape index (κ1) is 11.5. The van der Waals surface area contributed by atoms with E-state index in [0.717, 1.165) is 13.0 Å². The SMILES string of the molecule is CC(C)NCC(=O)NC1(C)CCOC1. The highest BCUT2D eigenvalue weighted by atomic mass is 16.5. The van der Waals surface area contributed by atoms with Gasteiger partial charge in [-0.2, -0.15) is 0 Å². The maximum Gasteiger partial charge on any atom is 0.234 e. The van der Waals surface area contributed by atoms with Gasteiger partial charge in [0.05, 0.1) is 18.7 Å². The number of carbonyl (C=O) groups excluding carboxylic acids is 1. The molecular formula is C10H20N2O2. The maximum atomic E-state index is 11.5. The van der Waals surface area contributed by atoms with E-state index in [2.05, 4.69) is 10.6 Å². The van der Waals surface area contributed by atoms with Crippen LogP contribution >= 0.6 is 0 Å². The zero-order valence-corrected chi connectivity index (χ0v) is 9.22. The molecule has 1 saturated heterocycles. The minimum Gasteiger partial charge on any atom is -0.379 e. The molecule has 2 N–H and O–H groups in total. The summed E-state index contributed by atoms with van der Waals surface area (Å²) in [6.45, 7) is 7.82. The minimum absolute atomic E-state index is 0.0479. The van der Waals surface area contributed by atoms with Crippen molar-refractivity contribution in [2.24, 2.45) is 0 Å². The van der Waals surface area contributed by atoms with Gasteiger partial charge in [-0.15, -0.1) is 0 Å². The second-order valence-corrected chi connectivity index (χ2v) is 4.45. The average molecular weight is 200 g/mol. The smallest absolute Gasteiger partial charge is 0.234 e. The number of nitrogens with one attached hydrogen (secondary N) is 2. The molecule has 0 radical (unpaired) electrons. The van der Waals surface area contributed by atoms with E-state index in [9.17, 15) is 4.79 Å². The minimum atomic E-state index is -0.157. The van der Waals surface area contributed by atoms with Crippen LogP contribution in [0.5, 0.6) is 0 Å². The van der Waals surface area contributed by atoms with Crippen molar-refractivity contribution >= 4 is 5.91 Å². The Hall–Kier alpha value is -0.610. The highest BCUT2D eigenvalue weighted by Gasteiger charge is 2.30. The number of amides is 1. The molecule has 14 heavy (non-hydrogen) atoms. The van der Waals surface area contributed by atoms with Gasteiger partial charge in [-0.1, -0.05) is 13.8 Å². The Bertz CT molecular complexity index is 198. The fourth-order valence-electron chi connectivity index (χ4n) is 1.44. The van der Waals surface area contributed by atoms with Crippen LogP contribution in [-0.2, 0) is 9.53 Å². The Kier molecular flexibility index (Phi) is 3.89. The van der Waals surface area contributed by atoms with Crippen molar-refractivity contribution in [1.82, 2.24) is 10.6 Å². The van der Waals surface area contributed by atoms with Gasteiger partial charge < -0.3 is 15.4 Å². The lowest BCUT2D eigenvalue weighted by molar-refractivity contribution is -0.122. The zero-order valence-electron chi connectivity index (χ0n) is 9.22. The van der Waals surface area contributed by atoms with E-state index in [1.165, 1.54) is 0 Å². The third-order valence-electron chi connectivity index (χ3n) is 2.33. The molecule has 1 unspecified atom stereocenters. The molecule has 0 spiro atoms. The van der Waals surface area contributed by atoms with Crippen molar-refractivity contribution in [3.8, 4) is 0 Å². The predicted molar refractivity (Wildman–Crippen MR) is 55.1 cm³/mol. The van der Waals surface area contributed by atoms with E-state index in [-0.39, 0.29) is 11.4 Å². The second kappa shape index (κ2) is 4.75. The lowest BCUT2D eigenvalue weighted by atomic mass is 10.0. The predicted octanol–water partition coefficient (Wildman–Crippen LogP) is 0.280. The summed E-state index contributed by atoms with van der Waals surface area (Å²) in [6.07, 6.45) is 0.903. The molecule has 1 atom stereocenters. The molecule has 0 aromatic rings. The average Bonchev–Trinajstić information content (AvgIpc) is 2.48. The van der Waals surface area contributed by atoms with Gasteiger partial charge >= 0.3 is 0 Å². The summed E-state index contributed by atoms with van der Waals surface area (Å²) >= 11 is 0. The van der Waals surface area contributed by atoms with E-state index in [1.54, 1.807) is 0 Å². The third-order valence-corrected chi connectivity index (χ3v) is 2.33. The van der Waals surface area contributed by atoms with Gasteiger partial charge in [0, 0.05) is 12.6 Å². The van der Waals surface area contributed by atoms with Crippen molar-refractivity contribution in [1.29, 1.82) is 0 Å². The topological polar surface area (TPSA) is 50.4 Å². The molecule has 1 heterocycles. The quantitative estimate of drug-likeness (QED) is 0.685. The first-order valence-corrected chi connectivity index (χ1v) is 5.14. The highest BCUT2D eigenvalue weighted by Crippen LogP contribution is 2.16.